The summed E-state index contributed by atoms with van der Waals surface area (Å²) in [5.41, 5.74) is 1.25. The predicted molar refractivity (Wildman–Crippen MR) is 101 cm³/mol. The first-order valence-corrected chi connectivity index (χ1v) is 9.22. The first-order valence-electron chi connectivity index (χ1n) is 8.81. The predicted octanol–water partition coefficient (Wildman–Crippen LogP) is 4.02. The standard InChI is InChI=1S/C19H26N4S/c1-2-12-22-18(15-17-10-6-5-7-11-17)20-23(19(22)24)16-21-13-8-3-4-9-14-21/h2,5-7,10-11H,1,3-4,8-9,12-16H2. The summed E-state index contributed by atoms with van der Waals surface area (Å²) in [5, 5.41) is 4.83. The molecule has 0 saturated carbocycles. The summed E-state index contributed by atoms with van der Waals surface area (Å²) in [7, 11) is 0. The molecule has 1 aromatic heterocycles. The van der Waals surface area contributed by atoms with Gasteiger partial charge in [0.25, 0.3) is 0 Å². The molecular weight excluding hydrogens is 316 g/mol. The highest BCUT2D eigenvalue weighted by Crippen LogP contribution is 2.13. The Kier molecular flexibility index (Phi) is 5.99. The molecule has 1 aliphatic heterocycles. The van der Waals surface area contributed by atoms with Gasteiger partial charge in [-0.2, -0.15) is 5.10 Å². The van der Waals surface area contributed by atoms with Crippen LogP contribution in [0, 0.1) is 4.77 Å². The SMILES string of the molecule is C=CCn1c(Cc2ccccc2)nn(CN2CCCCCC2)c1=S. The molecule has 0 bridgehead atoms. The Morgan fingerprint density at radius 1 is 1.08 bits per heavy atom. The van der Waals surface area contributed by atoms with E-state index in [1.54, 1.807) is 0 Å². The van der Waals surface area contributed by atoms with Crippen LogP contribution in [0.5, 0.6) is 0 Å². The number of allylic oxidation sites excluding steroid dienone is 1. The Balaban J connectivity index is 1.83. The number of hydrogen-bond donors (Lipinski definition) is 0. The van der Waals surface area contributed by atoms with Gasteiger partial charge in [-0.05, 0) is 43.7 Å². The van der Waals surface area contributed by atoms with Crippen molar-refractivity contribution in [1.82, 2.24) is 19.2 Å². The molecule has 1 saturated heterocycles. The van der Waals surface area contributed by atoms with Gasteiger partial charge < -0.3 is 0 Å². The lowest BCUT2D eigenvalue weighted by molar-refractivity contribution is 0.213. The molecule has 0 spiro atoms. The lowest BCUT2D eigenvalue weighted by atomic mass is 10.1. The molecule has 2 aromatic rings. The summed E-state index contributed by atoms with van der Waals surface area (Å²) in [6.45, 7) is 7.66. The number of rotatable bonds is 6. The molecule has 128 valence electrons. The maximum Gasteiger partial charge on any atom is 0.199 e. The van der Waals surface area contributed by atoms with Gasteiger partial charge in [0.1, 0.15) is 5.82 Å². The molecule has 0 atom stereocenters. The minimum absolute atomic E-state index is 0.709. The summed E-state index contributed by atoms with van der Waals surface area (Å²) in [6, 6.07) is 10.4. The quantitative estimate of drug-likeness (QED) is 0.586. The van der Waals surface area contributed by atoms with Crippen molar-refractivity contribution in [3.05, 3.63) is 59.1 Å². The number of nitrogens with zero attached hydrogens (tertiary/aromatic N) is 4. The Bertz CT molecular complexity index is 709. The van der Waals surface area contributed by atoms with Crippen molar-refractivity contribution in [2.45, 2.75) is 45.3 Å². The fourth-order valence-corrected chi connectivity index (χ4v) is 3.55. The van der Waals surface area contributed by atoms with Gasteiger partial charge in [0, 0.05) is 13.0 Å². The molecule has 1 aromatic carbocycles. The van der Waals surface area contributed by atoms with Crippen molar-refractivity contribution in [2.75, 3.05) is 13.1 Å². The molecule has 24 heavy (non-hydrogen) atoms. The van der Waals surface area contributed by atoms with Gasteiger partial charge in [0.15, 0.2) is 4.77 Å². The summed E-state index contributed by atoms with van der Waals surface area (Å²) in [6.07, 6.45) is 7.92. The molecule has 0 amide bonds. The minimum Gasteiger partial charge on any atom is -0.300 e. The topological polar surface area (TPSA) is 26.0 Å². The van der Waals surface area contributed by atoms with Crippen molar-refractivity contribution >= 4 is 12.2 Å². The molecule has 5 heteroatoms. The van der Waals surface area contributed by atoms with Crippen molar-refractivity contribution < 1.29 is 0 Å². The average molecular weight is 343 g/mol. The third-order valence-corrected chi connectivity index (χ3v) is 4.98. The maximum absolute atomic E-state index is 5.69. The number of benzene rings is 1. The van der Waals surface area contributed by atoms with Crippen molar-refractivity contribution in [3.63, 3.8) is 0 Å². The van der Waals surface area contributed by atoms with Gasteiger partial charge in [0.2, 0.25) is 0 Å². The molecule has 1 aliphatic rings. The largest absolute Gasteiger partial charge is 0.300 e. The van der Waals surface area contributed by atoms with Crippen LogP contribution in [0.15, 0.2) is 43.0 Å². The molecule has 2 heterocycles. The van der Waals surface area contributed by atoms with Gasteiger partial charge in [-0.15, -0.1) is 6.58 Å². The average Bonchev–Trinajstić information content (AvgIpc) is 2.79. The van der Waals surface area contributed by atoms with Crippen LogP contribution in [0.2, 0.25) is 0 Å². The second-order valence-electron chi connectivity index (χ2n) is 6.43. The van der Waals surface area contributed by atoms with Crippen molar-refractivity contribution in [2.24, 2.45) is 0 Å². The Morgan fingerprint density at radius 3 is 2.46 bits per heavy atom. The van der Waals surface area contributed by atoms with Crippen LogP contribution in [0.1, 0.15) is 37.1 Å². The maximum atomic E-state index is 5.69. The second-order valence-corrected chi connectivity index (χ2v) is 6.80. The first-order chi connectivity index (χ1) is 11.8. The van der Waals surface area contributed by atoms with E-state index in [9.17, 15) is 0 Å². The smallest absolute Gasteiger partial charge is 0.199 e. The molecule has 1 fully saturated rings. The van der Waals surface area contributed by atoms with Crippen LogP contribution in [0.3, 0.4) is 0 Å². The molecule has 0 unspecified atom stereocenters. The summed E-state index contributed by atoms with van der Waals surface area (Å²) >= 11 is 5.69. The highest BCUT2D eigenvalue weighted by molar-refractivity contribution is 7.71. The van der Waals surface area contributed by atoms with Crippen molar-refractivity contribution in [3.8, 4) is 0 Å². The Hall–Kier alpha value is -1.72. The minimum atomic E-state index is 0.709. The van der Waals surface area contributed by atoms with Gasteiger partial charge in [0.05, 0.1) is 6.67 Å². The Morgan fingerprint density at radius 2 is 1.79 bits per heavy atom. The fourth-order valence-electron chi connectivity index (χ4n) is 3.27. The molecule has 0 radical (unpaired) electrons. The normalized spacial score (nSPS) is 16.0. The molecule has 0 N–H and O–H groups in total. The van der Waals surface area contributed by atoms with Crippen LogP contribution in [-0.2, 0) is 19.6 Å². The number of hydrogen-bond acceptors (Lipinski definition) is 3. The van der Waals surface area contributed by atoms with Crippen LogP contribution in [-0.4, -0.2) is 32.3 Å². The van der Waals surface area contributed by atoms with Gasteiger partial charge in [-0.25, -0.2) is 4.68 Å². The molecule has 0 aliphatic carbocycles. The van der Waals surface area contributed by atoms with E-state index in [2.05, 4.69) is 40.3 Å². The van der Waals surface area contributed by atoms with Crippen LogP contribution in [0.25, 0.3) is 0 Å². The number of aromatic nitrogens is 3. The Labute approximate surface area is 149 Å². The van der Waals surface area contributed by atoms with E-state index in [-0.39, 0.29) is 0 Å². The lowest BCUT2D eigenvalue weighted by Gasteiger charge is -2.19. The zero-order valence-electron chi connectivity index (χ0n) is 14.2. The van der Waals surface area contributed by atoms with Crippen LogP contribution < -0.4 is 0 Å². The van der Waals surface area contributed by atoms with Crippen LogP contribution in [0.4, 0.5) is 0 Å². The van der Waals surface area contributed by atoms with E-state index in [0.29, 0.717) is 6.54 Å². The second kappa shape index (κ2) is 8.40. The van der Waals surface area contributed by atoms with E-state index in [4.69, 9.17) is 17.3 Å². The third kappa shape index (κ3) is 4.22. The third-order valence-electron chi connectivity index (χ3n) is 4.55. The zero-order chi connectivity index (χ0) is 16.8. The van der Waals surface area contributed by atoms with Crippen molar-refractivity contribution in [1.29, 1.82) is 0 Å². The summed E-state index contributed by atoms with van der Waals surface area (Å²) < 4.78 is 4.89. The van der Waals surface area contributed by atoms with Gasteiger partial charge >= 0.3 is 0 Å². The fraction of sp³-hybridized carbons (Fsp3) is 0.474. The lowest BCUT2D eigenvalue weighted by Crippen LogP contribution is -2.28. The summed E-state index contributed by atoms with van der Waals surface area (Å²) in [4.78, 5) is 2.47. The molecular formula is C19H26N4S. The van der Waals surface area contributed by atoms with E-state index in [1.165, 1.54) is 31.2 Å². The number of likely N-dealkylation sites (tertiary alicyclic amines) is 1. The van der Waals surface area contributed by atoms with Gasteiger partial charge in [-0.1, -0.05) is 49.2 Å². The summed E-state index contributed by atoms with van der Waals surface area (Å²) in [5.74, 6) is 1.01. The van der Waals surface area contributed by atoms with E-state index < -0.39 is 0 Å². The molecule has 4 nitrogen and oxygen atoms in total. The van der Waals surface area contributed by atoms with E-state index in [0.717, 1.165) is 36.8 Å². The first kappa shape index (κ1) is 17.1. The highest BCUT2D eigenvalue weighted by Gasteiger charge is 2.14. The van der Waals surface area contributed by atoms with Gasteiger partial charge in [-0.3, -0.25) is 9.47 Å². The van der Waals surface area contributed by atoms with Crippen LogP contribution >= 0.6 is 12.2 Å². The highest BCUT2D eigenvalue weighted by atomic mass is 32.1. The monoisotopic (exact) mass is 342 g/mol. The van der Waals surface area contributed by atoms with E-state index in [1.807, 2.05) is 16.8 Å². The van der Waals surface area contributed by atoms with E-state index >= 15 is 0 Å². The zero-order valence-corrected chi connectivity index (χ0v) is 15.0. The molecule has 3 rings (SSSR count).